The van der Waals surface area contributed by atoms with Crippen LogP contribution in [0.25, 0.3) is 0 Å². The van der Waals surface area contributed by atoms with Gasteiger partial charge in [-0.1, -0.05) is 0 Å². The SMILES string of the molecule is CCN(C#N)C1CCCNC1. The summed E-state index contributed by atoms with van der Waals surface area (Å²) >= 11 is 0. The first-order chi connectivity index (χ1) is 5.38. The average molecular weight is 153 g/mol. The molecule has 1 fully saturated rings. The van der Waals surface area contributed by atoms with Gasteiger partial charge in [0, 0.05) is 13.1 Å². The van der Waals surface area contributed by atoms with Crippen molar-refractivity contribution in [3.8, 4) is 6.19 Å². The highest BCUT2D eigenvalue weighted by atomic mass is 15.2. The number of nitrogens with one attached hydrogen (secondary N) is 1. The van der Waals surface area contributed by atoms with Gasteiger partial charge >= 0.3 is 0 Å². The van der Waals surface area contributed by atoms with Crippen LogP contribution in [0.5, 0.6) is 0 Å². The van der Waals surface area contributed by atoms with E-state index in [0.29, 0.717) is 6.04 Å². The Labute approximate surface area is 68.0 Å². The lowest BCUT2D eigenvalue weighted by molar-refractivity contribution is 0.249. The molecule has 62 valence electrons. The Morgan fingerprint density at radius 1 is 1.73 bits per heavy atom. The zero-order valence-corrected chi connectivity index (χ0v) is 7.01. The molecule has 0 amide bonds. The third-order valence-corrected chi connectivity index (χ3v) is 2.18. The van der Waals surface area contributed by atoms with Crippen LogP contribution in [0.2, 0.25) is 0 Å². The molecule has 0 aromatic rings. The Kier molecular flexibility index (Phi) is 3.18. The second-order valence-electron chi connectivity index (χ2n) is 2.89. The van der Waals surface area contributed by atoms with Crippen LogP contribution >= 0.6 is 0 Å². The summed E-state index contributed by atoms with van der Waals surface area (Å²) in [6, 6.07) is 0.443. The Balaban J connectivity index is 2.38. The summed E-state index contributed by atoms with van der Waals surface area (Å²) in [5.41, 5.74) is 0. The monoisotopic (exact) mass is 153 g/mol. The third kappa shape index (κ3) is 2.09. The second-order valence-corrected chi connectivity index (χ2v) is 2.89. The molecule has 1 heterocycles. The number of rotatable bonds is 2. The van der Waals surface area contributed by atoms with Gasteiger partial charge in [0.15, 0.2) is 6.19 Å². The fourth-order valence-electron chi connectivity index (χ4n) is 1.51. The Hall–Kier alpha value is -0.750. The van der Waals surface area contributed by atoms with Gasteiger partial charge in [0.05, 0.1) is 6.04 Å². The minimum absolute atomic E-state index is 0.443. The predicted molar refractivity (Wildman–Crippen MR) is 43.9 cm³/mol. The van der Waals surface area contributed by atoms with Gasteiger partial charge in [-0.25, -0.2) is 0 Å². The van der Waals surface area contributed by atoms with Gasteiger partial charge in [0.1, 0.15) is 0 Å². The lowest BCUT2D eigenvalue weighted by Crippen LogP contribution is -2.43. The van der Waals surface area contributed by atoms with Crippen LogP contribution in [-0.4, -0.2) is 30.6 Å². The smallest absolute Gasteiger partial charge is 0.179 e. The van der Waals surface area contributed by atoms with E-state index >= 15 is 0 Å². The van der Waals surface area contributed by atoms with Crippen molar-refractivity contribution in [3.05, 3.63) is 0 Å². The summed E-state index contributed by atoms with van der Waals surface area (Å²) in [6.07, 6.45) is 4.57. The van der Waals surface area contributed by atoms with E-state index in [1.54, 1.807) is 0 Å². The number of hydrogen-bond acceptors (Lipinski definition) is 3. The van der Waals surface area contributed by atoms with E-state index < -0.39 is 0 Å². The van der Waals surface area contributed by atoms with Crippen molar-refractivity contribution in [3.63, 3.8) is 0 Å². The van der Waals surface area contributed by atoms with E-state index in [1.807, 2.05) is 11.8 Å². The Morgan fingerprint density at radius 3 is 3.00 bits per heavy atom. The lowest BCUT2D eigenvalue weighted by Gasteiger charge is -2.29. The topological polar surface area (TPSA) is 39.1 Å². The van der Waals surface area contributed by atoms with Crippen LogP contribution in [0.4, 0.5) is 0 Å². The molecule has 1 aliphatic rings. The standard InChI is InChI=1S/C8H15N3/c1-2-11(7-9)8-4-3-5-10-6-8/h8,10H,2-6H2,1H3. The molecule has 1 saturated heterocycles. The van der Waals surface area contributed by atoms with E-state index in [4.69, 9.17) is 5.26 Å². The molecule has 0 spiro atoms. The lowest BCUT2D eigenvalue weighted by atomic mass is 10.1. The first kappa shape index (κ1) is 8.35. The zero-order chi connectivity index (χ0) is 8.10. The molecule has 3 nitrogen and oxygen atoms in total. The van der Waals surface area contributed by atoms with Gasteiger partial charge in [0.25, 0.3) is 0 Å². The van der Waals surface area contributed by atoms with Gasteiger partial charge in [-0.05, 0) is 26.3 Å². The number of likely N-dealkylation sites (N-methyl/N-ethyl adjacent to an activating group) is 1. The van der Waals surface area contributed by atoms with Gasteiger partial charge in [-0.3, -0.25) is 0 Å². The maximum atomic E-state index is 8.73. The summed E-state index contributed by atoms with van der Waals surface area (Å²) in [5.74, 6) is 0. The molecule has 1 atom stereocenters. The molecule has 0 saturated carbocycles. The molecular formula is C8H15N3. The minimum Gasteiger partial charge on any atom is -0.315 e. The number of nitriles is 1. The fraction of sp³-hybridized carbons (Fsp3) is 0.875. The summed E-state index contributed by atoms with van der Waals surface area (Å²) in [4.78, 5) is 1.85. The Bertz CT molecular complexity index is 144. The minimum atomic E-state index is 0.443. The van der Waals surface area contributed by atoms with Crippen molar-refractivity contribution in [2.45, 2.75) is 25.8 Å². The van der Waals surface area contributed by atoms with Crippen LogP contribution < -0.4 is 5.32 Å². The van der Waals surface area contributed by atoms with E-state index in [0.717, 1.165) is 26.1 Å². The van der Waals surface area contributed by atoms with Gasteiger partial charge in [-0.2, -0.15) is 5.26 Å². The summed E-state index contributed by atoms with van der Waals surface area (Å²) in [7, 11) is 0. The Morgan fingerprint density at radius 2 is 2.55 bits per heavy atom. The van der Waals surface area contributed by atoms with E-state index in [1.165, 1.54) is 6.42 Å². The number of nitrogens with zero attached hydrogens (tertiary/aromatic N) is 2. The van der Waals surface area contributed by atoms with E-state index in [-0.39, 0.29) is 0 Å². The molecule has 0 aliphatic carbocycles. The van der Waals surface area contributed by atoms with Crippen LogP contribution in [-0.2, 0) is 0 Å². The van der Waals surface area contributed by atoms with E-state index in [2.05, 4.69) is 11.5 Å². The van der Waals surface area contributed by atoms with Crippen molar-refractivity contribution in [2.75, 3.05) is 19.6 Å². The van der Waals surface area contributed by atoms with Crippen molar-refractivity contribution in [2.24, 2.45) is 0 Å². The highest BCUT2D eigenvalue weighted by molar-refractivity contribution is 4.85. The van der Waals surface area contributed by atoms with Crippen LogP contribution in [0.15, 0.2) is 0 Å². The molecule has 1 aliphatic heterocycles. The summed E-state index contributed by atoms with van der Waals surface area (Å²) in [6.45, 7) is 4.95. The molecule has 3 heteroatoms. The van der Waals surface area contributed by atoms with Crippen molar-refractivity contribution < 1.29 is 0 Å². The zero-order valence-electron chi connectivity index (χ0n) is 7.01. The number of hydrogen-bond donors (Lipinski definition) is 1. The molecule has 1 rings (SSSR count). The van der Waals surface area contributed by atoms with Crippen LogP contribution in [0.3, 0.4) is 0 Å². The normalized spacial score (nSPS) is 24.2. The summed E-state index contributed by atoms with van der Waals surface area (Å²) < 4.78 is 0. The molecule has 0 radical (unpaired) electrons. The first-order valence-corrected chi connectivity index (χ1v) is 4.25. The molecule has 0 aromatic carbocycles. The maximum Gasteiger partial charge on any atom is 0.179 e. The quantitative estimate of drug-likeness (QED) is 0.465. The molecule has 0 bridgehead atoms. The molecule has 0 aromatic heterocycles. The van der Waals surface area contributed by atoms with Crippen LogP contribution in [0.1, 0.15) is 19.8 Å². The highest BCUT2D eigenvalue weighted by Crippen LogP contribution is 2.08. The molecule has 11 heavy (non-hydrogen) atoms. The van der Waals surface area contributed by atoms with Gasteiger partial charge in [0.2, 0.25) is 0 Å². The predicted octanol–water partition coefficient (Wildman–Crippen LogP) is 0.541. The van der Waals surface area contributed by atoms with Crippen molar-refractivity contribution in [1.29, 1.82) is 5.26 Å². The maximum absolute atomic E-state index is 8.73. The average Bonchev–Trinajstić information content (AvgIpc) is 2.09. The summed E-state index contributed by atoms with van der Waals surface area (Å²) in [5, 5.41) is 12.0. The van der Waals surface area contributed by atoms with Crippen molar-refractivity contribution >= 4 is 0 Å². The van der Waals surface area contributed by atoms with Crippen LogP contribution in [0, 0.1) is 11.5 Å². The molecule has 1 N–H and O–H groups in total. The molecular weight excluding hydrogens is 138 g/mol. The van der Waals surface area contributed by atoms with E-state index in [9.17, 15) is 0 Å². The van der Waals surface area contributed by atoms with Crippen molar-refractivity contribution in [1.82, 2.24) is 10.2 Å². The van der Waals surface area contributed by atoms with Gasteiger partial charge in [-0.15, -0.1) is 0 Å². The third-order valence-electron chi connectivity index (χ3n) is 2.18. The second kappa shape index (κ2) is 4.20. The highest BCUT2D eigenvalue weighted by Gasteiger charge is 2.17. The fourth-order valence-corrected chi connectivity index (χ4v) is 1.51. The molecule has 1 unspecified atom stereocenters. The largest absolute Gasteiger partial charge is 0.315 e. The van der Waals surface area contributed by atoms with Gasteiger partial charge < -0.3 is 10.2 Å². The number of piperidine rings is 1. The first-order valence-electron chi connectivity index (χ1n) is 4.25.